The fourth-order valence-corrected chi connectivity index (χ4v) is 2.16. The van der Waals surface area contributed by atoms with Gasteiger partial charge in [0.15, 0.2) is 5.96 Å². The number of guanidine groups is 1. The van der Waals surface area contributed by atoms with Crippen LogP contribution in [-0.2, 0) is 0 Å². The first kappa shape index (κ1) is 20.2. The van der Waals surface area contributed by atoms with Gasteiger partial charge < -0.3 is 15.7 Å². The van der Waals surface area contributed by atoms with Crippen molar-refractivity contribution in [1.29, 1.82) is 0 Å². The third-order valence-electron chi connectivity index (χ3n) is 3.05. The first-order chi connectivity index (χ1) is 9.67. The summed E-state index contributed by atoms with van der Waals surface area (Å²) in [5, 5.41) is 16.1. The van der Waals surface area contributed by atoms with Crippen molar-refractivity contribution in [3.8, 4) is 0 Å². The van der Waals surface area contributed by atoms with Gasteiger partial charge in [-0.1, -0.05) is 30.3 Å². The van der Waals surface area contributed by atoms with E-state index in [9.17, 15) is 5.11 Å². The minimum Gasteiger partial charge on any atom is -0.393 e. The second kappa shape index (κ2) is 11.8. The van der Waals surface area contributed by atoms with Gasteiger partial charge in [-0.25, -0.2) is 0 Å². The highest BCUT2D eigenvalue weighted by Crippen LogP contribution is 2.21. The molecule has 0 heterocycles. The molecule has 0 saturated heterocycles. The summed E-state index contributed by atoms with van der Waals surface area (Å²) in [7, 11) is 0. The molecule has 0 spiro atoms. The van der Waals surface area contributed by atoms with Crippen LogP contribution in [0.1, 0.15) is 38.7 Å². The summed E-state index contributed by atoms with van der Waals surface area (Å²) >= 11 is 0. The Hall–Kier alpha value is -0.820. The van der Waals surface area contributed by atoms with Gasteiger partial charge >= 0.3 is 0 Å². The lowest BCUT2D eigenvalue weighted by atomic mass is 9.93. The molecule has 1 aromatic carbocycles. The summed E-state index contributed by atoms with van der Waals surface area (Å²) in [4.78, 5) is 4.62. The molecule has 1 rings (SSSR count). The lowest BCUT2D eigenvalue weighted by Gasteiger charge is -2.18. The molecule has 120 valence electrons. The van der Waals surface area contributed by atoms with Crippen LogP contribution in [0.25, 0.3) is 0 Å². The molecular weight excluding hydrogens is 377 g/mol. The fourth-order valence-electron chi connectivity index (χ4n) is 2.16. The number of halogens is 1. The molecule has 2 atom stereocenters. The number of hydrogen-bond donors (Lipinski definition) is 3. The molecule has 0 aliphatic carbocycles. The molecule has 0 saturated carbocycles. The zero-order valence-corrected chi connectivity index (χ0v) is 15.5. The van der Waals surface area contributed by atoms with E-state index in [0.717, 1.165) is 25.5 Å². The van der Waals surface area contributed by atoms with Crippen molar-refractivity contribution in [3.63, 3.8) is 0 Å². The van der Waals surface area contributed by atoms with Crippen LogP contribution < -0.4 is 10.6 Å². The number of nitrogens with one attached hydrogen (secondary N) is 2. The van der Waals surface area contributed by atoms with Gasteiger partial charge in [0.2, 0.25) is 0 Å². The maximum Gasteiger partial charge on any atom is 0.191 e. The molecule has 0 amide bonds. The Morgan fingerprint density at radius 2 is 1.71 bits per heavy atom. The lowest BCUT2D eigenvalue weighted by molar-refractivity contribution is 0.175. The SMILES string of the molecule is CCNC(=NCC(CC(C)O)c1ccccc1)NCC.I. The van der Waals surface area contributed by atoms with Crippen molar-refractivity contribution in [1.82, 2.24) is 10.6 Å². The van der Waals surface area contributed by atoms with Crippen LogP contribution in [0.15, 0.2) is 35.3 Å². The van der Waals surface area contributed by atoms with Crippen LogP contribution >= 0.6 is 24.0 Å². The van der Waals surface area contributed by atoms with E-state index in [1.807, 2.05) is 25.1 Å². The van der Waals surface area contributed by atoms with Crippen LogP contribution in [0.4, 0.5) is 0 Å². The number of aliphatic hydroxyl groups excluding tert-OH is 1. The third-order valence-corrected chi connectivity index (χ3v) is 3.05. The largest absolute Gasteiger partial charge is 0.393 e. The van der Waals surface area contributed by atoms with E-state index in [2.05, 4.69) is 41.6 Å². The fraction of sp³-hybridized carbons (Fsp3) is 0.562. The maximum atomic E-state index is 9.68. The molecule has 0 aliphatic heterocycles. The quantitative estimate of drug-likeness (QED) is 0.372. The molecule has 0 fully saturated rings. The molecule has 0 radical (unpaired) electrons. The van der Waals surface area contributed by atoms with E-state index in [0.29, 0.717) is 6.54 Å². The number of aliphatic hydroxyl groups is 1. The number of nitrogens with zero attached hydrogens (tertiary/aromatic N) is 1. The normalized spacial score (nSPS) is 12.8. The predicted octanol–water partition coefficient (Wildman–Crippen LogP) is 2.73. The molecule has 5 heteroatoms. The van der Waals surface area contributed by atoms with Crippen LogP contribution in [0.2, 0.25) is 0 Å². The zero-order valence-electron chi connectivity index (χ0n) is 13.2. The Bertz CT molecular complexity index is 388. The predicted molar refractivity (Wildman–Crippen MR) is 101 cm³/mol. The minimum atomic E-state index is -0.322. The van der Waals surface area contributed by atoms with Gasteiger partial charge in [0.1, 0.15) is 0 Å². The van der Waals surface area contributed by atoms with Crippen molar-refractivity contribution in [2.75, 3.05) is 19.6 Å². The second-order valence-electron chi connectivity index (χ2n) is 4.94. The van der Waals surface area contributed by atoms with E-state index < -0.39 is 0 Å². The first-order valence-electron chi connectivity index (χ1n) is 7.42. The standard InChI is InChI=1S/C16H27N3O.HI/c1-4-17-16(18-5-2)19-12-15(11-13(3)20)14-9-7-6-8-10-14;/h6-10,13,15,20H,4-5,11-12H2,1-3H3,(H2,17,18,19);1H. The molecule has 0 bridgehead atoms. The van der Waals surface area contributed by atoms with Gasteiger partial charge in [-0.15, -0.1) is 24.0 Å². The average Bonchev–Trinajstić information content (AvgIpc) is 2.44. The van der Waals surface area contributed by atoms with Gasteiger partial charge in [0, 0.05) is 25.6 Å². The van der Waals surface area contributed by atoms with Crippen molar-refractivity contribution in [2.45, 2.75) is 39.2 Å². The van der Waals surface area contributed by atoms with Crippen molar-refractivity contribution in [2.24, 2.45) is 4.99 Å². The Labute approximate surface area is 145 Å². The van der Waals surface area contributed by atoms with Crippen LogP contribution in [-0.4, -0.2) is 36.8 Å². The summed E-state index contributed by atoms with van der Waals surface area (Å²) < 4.78 is 0. The number of hydrogen-bond acceptors (Lipinski definition) is 2. The first-order valence-corrected chi connectivity index (χ1v) is 7.42. The summed E-state index contributed by atoms with van der Waals surface area (Å²) in [6, 6.07) is 10.3. The van der Waals surface area contributed by atoms with Crippen molar-refractivity contribution in [3.05, 3.63) is 35.9 Å². The number of rotatable bonds is 7. The molecule has 2 unspecified atom stereocenters. The summed E-state index contributed by atoms with van der Waals surface area (Å²) in [6.45, 7) is 8.30. The summed E-state index contributed by atoms with van der Waals surface area (Å²) in [5.41, 5.74) is 1.23. The highest BCUT2D eigenvalue weighted by Gasteiger charge is 2.14. The molecular formula is C16H28IN3O. The Balaban J connectivity index is 0.00000400. The Morgan fingerprint density at radius 3 is 2.19 bits per heavy atom. The average molecular weight is 405 g/mol. The van der Waals surface area contributed by atoms with E-state index in [4.69, 9.17) is 0 Å². The van der Waals surface area contributed by atoms with Gasteiger partial charge in [0.05, 0.1) is 6.10 Å². The molecule has 3 N–H and O–H groups in total. The number of benzene rings is 1. The third kappa shape index (κ3) is 8.26. The smallest absolute Gasteiger partial charge is 0.191 e. The summed E-state index contributed by atoms with van der Waals surface area (Å²) in [5.74, 6) is 1.07. The minimum absolute atomic E-state index is 0. The topological polar surface area (TPSA) is 56.7 Å². The molecule has 21 heavy (non-hydrogen) atoms. The maximum absolute atomic E-state index is 9.68. The van der Waals surface area contributed by atoms with E-state index in [1.54, 1.807) is 0 Å². The van der Waals surface area contributed by atoms with Gasteiger partial charge in [0.25, 0.3) is 0 Å². The second-order valence-corrected chi connectivity index (χ2v) is 4.94. The number of aliphatic imine (C=N–C) groups is 1. The molecule has 0 aromatic heterocycles. The van der Waals surface area contributed by atoms with Crippen LogP contribution in [0.3, 0.4) is 0 Å². The Kier molecular flexibility index (Phi) is 11.3. The lowest BCUT2D eigenvalue weighted by Crippen LogP contribution is -2.37. The zero-order chi connectivity index (χ0) is 14.8. The van der Waals surface area contributed by atoms with E-state index in [-0.39, 0.29) is 36.0 Å². The molecule has 4 nitrogen and oxygen atoms in total. The highest BCUT2D eigenvalue weighted by atomic mass is 127. The summed E-state index contributed by atoms with van der Waals surface area (Å²) in [6.07, 6.45) is 0.399. The monoisotopic (exact) mass is 405 g/mol. The van der Waals surface area contributed by atoms with Gasteiger partial charge in [-0.3, -0.25) is 4.99 Å². The Morgan fingerprint density at radius 1 is 1.14 bits per heavy atom. The highest BCUT2D eigenvalue weighted by molar-refractivity contribution is 14.0. The van der Waals surface area contributed by atoms with E-state index >= 15 is 0 Å². The van der Waals surface area contributed by atoms with Gasteiger partial charge in [-0.2, -0.15) is 0 Å². The van der Waals surface area contributed by atoms with Crippen LogP contribution in [0.5, 0.6) is 0 Å². The molecule has 1 aromatic rings. The van der Waals surface area contributed by atoms with Gasteiger partial charge in [-0.05, 0) is 32.8 Å². The van der Waals surface area contributed by atoms with Crippen LogP contribution in [0, 0.1) is 0 Å². The van der Waals surface area contributed by atoms with Crippen molar-refractivity contribution >= 4 is 29.9 Å². The molecule has 0 aliphatic rings. The van der Waals surface area contributed by atoms with Crippen molar-refractivity contribution < 1.29 is 5.11 Å². The van der Waals surface area contributed by atoms with E-state index in [1.165, 1.54) is 5.56 Å².